The number of nitrogens with one attached hydrogen (secondary N) is 2. The Labute approximate surface area is 128 Å². The maximum atomic E-state index is 11.7. The third-order valence-electron chi connectivity index (χ3n) is 2.48. The molecule has 2 aromatic heterocycles. The van der Waals surface area contributed by atoms with Gasteiger partial charge in [-0.15, -0.1) is 5.10 Å². The molecule has 0 aliphatic heterocycles. The van der Waals surface area contributed by atoms with Gasteiger partial charge in [0, 0.05) is 12.6 Å². The van der Waals surface area contributed by atoms with Gasteiger partial charge in [0.2, 0.25) is 0 Å². The van der Waals surface area contributed by atoms with Crippen molar-refractivity contribution in [1.82, 2.24) is 24.7 Å². The van der Waals surface area contributed by atoms with E-state index in [0.29, 0.717) is 10.2 Å². The van der Waals surface area contributed by atoms with E-state index in [0.717, 1.165) is 16.8 Å². The summed E-state index contributed by atoms with van der Waals surface area (Å²) in [6, 6.07) is 0.0256. The summed E-state index contributed by atoms with van der Waals surface area (Å²) in [4.78, 5) is 20.1. The van der Waals surface area contributed by atoms with Crippen molar-refractivity contribution < 1.29 is 0 Å². The second-order valence-corrected chi connectivity index (χ2v) is 6.00. The normalized spacial score (nSPS) is 11.1. The van der Waals surface area contributed by atoms with Crippen LogP contribution in [0.2, 0.25) is 0 Å². The molecule has 9 heteroatoms. The standard InChI is InChI=1S/C11H15BrN6OS/c1-4-13-8-7(12)9(15-5-14-8)20-11-17-16-10(19)18(11)6(2)3/h5-6H,4H2,1-3H3,(H,16,19)(H,13,14,15). The van der Waals surface area contributed by atoms with Gasteiger partial charge in [0.15, 0.2) is 5.16 Å². The number of rotatable bonds is 5. The number of aromatic amines is 1. The van der Waals surface area contributed by atoms with Crippen molar-refractivity contribution in [1.29, 1.82) is 0 Å². The molecular weight excluding hydrogens is 344 g/mol. The maximum absolute atomic E-state index is 11.7. The first-order valence-electron chi connectivity index (χ1n) is 6.13. The molecule has 0 atom stereocenters. The van der Waals surface area contributed by atoms with Gasteiger partial charge in [-0.25, -0.2) is 19.9 Å². The molecule has 2 N–H and O–H groups in total. The van der Waals surface area contributed by atoms with Crippen LogP contribution in [-0.2, 0) is 0 Å². The lowest BCUT2D eigenvalue weighted by Gasteiger charge is -2.10. The van der Waals surface area contributed by atoms with Crippen LogP contribution in [0.3, 0.4) is 0 Å². The van der Waals surface area contributed by atoms with Gasteiger partial charge >= 0.3 is 5.69 Å². The smallest absolute Gasteiger partial charge is 0.344 e. The van der Waals surface area contributed by atoms with Crippen molar-refractivity contribution in [2.24, 2.45) is 0 Å². The second kappa shape index (κ2) is 6.40. The number of H-pyrrole nitrogens is 1. The molecule has 108 valence electrons. The highest BCUT2D eigenvalue weighted by atomic mass is 79.9. The first-order valence-corrected chi connectivity index (χ1v) is 7.74. The molecule has 0 saturated heterocycles. The summed E-state index contributed by atoms with van der Waals surface area (Å²) < 4.78 is 2.35. The fourth-order valence-electron chi connectivity index (χ4n) is 1.62. The lowest BCUT2D eigenvalue weighted by molar-refractivity contribution is 0.534. The number of hydrogen-bond acceptors (Lipinski definition) is 6. The van der Waals surface area contributed by atoms with Crippen molar-refractivity contribution >= 4 is 33.5 Å². The predicted octanol–water partition coefficient (Wildman–Crippen LogP) is 2.29. The number of nitrogens with zero attached hydrogens (tertiary/aromatic N) is 4. The molecule has 2 aromatic rings. The molecule has 0 fully saturated rings. The SMILES string of the molecule is CCNc1ncnc(Sc2n[nH]c(=O)n2C(C)C)c1Br. The van der Waals surface area contributed by atoms with E-state index in [-0.39, 0.29) is 11.7 Å². The van der Waals surface area contributed by atoms with Gasteiger partial charge in [-0.05, 0) is 48.5 Å². The van der Waals surface area contributed by atoms with E-state index in [4.69, 9.17) is 0 Å². The van der Waals surface area contributed by atoms with Crippen LogP contribution in [0.5, 0.6) is 0 Å². The van der Waals surface area contributed by atoms with Gasteiger partial charge in [0.25, 0.3) is 0 Å². The molecular formula is C11H15BrN6OS. The van der Waals surface area contributed by atoms with E-state index in [1.165, 1.54) is 18.1 Å². The lowest BCUT2D eigenvalue weighted by Crippen LogP contribution is -2.19. The molecule has 0 amide bonds. The first kappa shape index (κ1) is 15.0. The summed E-state index contributed by atoms with van der Waals surface area (Å²) in [5.74, 6) is 0.721. The Morgan fingerprint density at radius 1 is 1.50 bits per heavy atom. The monoisotopic (exact) mass is 358 g/mol. The lowest BCUT2D eigenvalue weighted by atomic mass is 10.4. The molecule has 0 bridgehead atoms. The fourth-order valence-corrected chi connectivity index (χ4v) is 3.15. The number of hydrogen-bond donors (Lipinski definition) is 2. The van der Waals surface area contributed by atoms with Crippen LogP contribution >= 0.6 is 27.7 Å². The summed E-state index contributed by atoms with van der Waals surface area (Å²) in [6.07, 6.45) is 1.48. The van der Waals surface area contributed by atoms with Crippen LogP contribution in [0.1, 0.15) is 26.8 Å². The Bertz CT molecular complexity index is 653. The molecule has 0 aromatic carbocycles. The number of halogens is 1. The number of aromatic nitrogens is 5. The van der Waals surface area contributed by atoms with Gasteiger partial charge in [0.05, 0.1) is 4.47 Å². The molecule has 0 spiro atoms. The molecule has 2 heterocycles. The zero-order chi connectivity index (χ0) is 14.7. The minimum absolute atomic E-state index is 0.0256. The summed E-state index contributed by atoms with van der Waals surface area (Å²) in [7, 11) is 0. The predicted molar refractivity (Wildman–Crippen MR) is 81.3 cm³/mol. The Kier molecular flexibility index (Phi) is 4.81. The maximum Gasteiger partial charge on any atom is 0.344 e. The molecule has 7 nitrogen and oxygen atoms in total. The van der Waals surface area contributed by atoms with Gasteiger partial charge < -0.3 is 5.32 Å². The number of anilines is 1. The molecule has 2 rings (SSSR count). The Morgan fingerprint density at radius 2 is 2.25 bits per heavy atom. The van der Waals surface area contributed by atoms with Crippen LogP contribution in [0, 0.1) is 0 Å². The molecule has 0 radical (unpaired) electrons. The second-order valence-electron chi connectivity index (χ2n) is 4.25. The highest BCUT2D eigenvalue weighted by molar-refractivity contribution is 9.10. The van der Waals surface area contributed by atoms with Crippen molar-refractivity contribution in [3.05, 3.63) is 21.3 Å². The third kappa shape index (κ3) is 3.04. The highest BCUT2D eigenvalue weighted by Gasteiger charge is 2.16. The summed E-state index contributed by atoms with van der Waals surface area (Å²) in [6.45, 7) is 6.62. The van der Waals surface area contributed by atoms with E-state index in [1.54, 1.807) is 4.57 Å². The molecule has 0 aliphatic carbocycles. The van der Waals surface area contributed by atoms with Crippen LogP contribution in [0.25, 0.3) is 0 Å². The van der Waals surface area contributed by atoms with Gasteiger partial charge in [0.1, 0.15) is 17.2 Å². The van der Waals surface area contributed by atoms with Crippen LogP contribution < -0.4 is 11.0 Å². The van der Waals surface area contributed by atoms with E-state index in [2.05, 4.69) is 41.4 Å². The van der Waals surface area contributed by atoms with Crippen LogP contribution in [0.4, 0.5) is 5.82 Å². The van der Waals surface area contributed by atoms with Crippen molar-refractivity contribution in [2.75, 3.05) is 11.9 Å². The van der Waals surface area contributed by atoms with Crippen LogP contribution in [0.15, 0.2) is 25.8 Å². The Hall–Kier alpha value is -1.35. The summed E-state index contributed by atoms with van der Waals surface area (Å²) in [5.41, 5.74) is -0.223. The summed E-state index contributed by atoms with van der Waals surface area (Å²) in [5, 5.41) is 10.9. The van der Waals surface area contributed by atoms with E-state index in [9.17, 15) is 4.79 Å². The van der Waals surface area contributed by atoms with Gasteiger partial charge in [-0.1, -0.05) is 0 Å². The molecule has 0 aliphatic rings. The minimum Gasteiger partial charge on any atom is -0.369 e. The van der Waals surface area contributed by atoms with Crippen molar-refractivity contribution in [2.45, 2.75) is 37.0 Å². The summed E-state index contributed by atoms with van der Waals surface area (Å²) >= 11 is 4.79. The van der Waals surface area contributed by atoms with Gasteiger partial charge in [-0.3, -0.25) is 4.57 Å². The molecule has 0 unspecified atom stereocenters. The largest absolute Gasteiger partial charge is 0.369 e. The fraction of sp³-hybridized carbons (Fsp3) is 0.455. The van der Waals surface area contributed by atoms with E-state index < -0.39 is 0 Å². The van der Waals surface area contributed by atoms with Crippen molar-refractivity contribution in [3.8, 4) is 0 Å². The first-order chi connectivity index (χ1) is 9.54. The van der Waals surface area contributed by atoms with E-state index in [1.807, 2.05) is 20.8 Å². The Balaban J connectivity index is 2.36. The zero-order valence-corrected chi connectivity index (χ0v) is 13.7. The average Bonchev–Trinajstić information content (AvgIpc) is 2.76. The highest BCUT2D eigenvalue weighted by Crippen LogP contribution is 2.33. The Morgan fingerprint density at radius 3 is 2.90 bits per heavy atom. The van der Waals surface area contributed by atoms with E-state index >= 15 is 0 Å². The minimum atomic E-state index is -0.223. The topological polar surface area (TPSA) is 88.5 Å². The molecule has 0 saturated carbocycles. The van der Waals surface area contributed by atoms with Gasteiger partial charge in [-0.2, -0.15) is 0 Å². The molecule has 20 heavy (non-hydrogen) atoms. The van der Waals surface area contributed by atoms with Crippen LogP contribution in [-0.4, -0.2) is 31.3 Å². The average molecular weight is 359 g/mol. The third-order valence-corrected chi connectivity index (χ3v) is 4.47. The van der Waals surface area contributed by atoms with Crippen molar-refractivity contribution in [3.63, 3.8) is 0 Å². The quantitative estimate of drug-likeness (QED) is 0.797. The zero-order valence-electron chi connectivity index (χ0n) is 11.3.